The van der Waals surface area contributed by atoms with Crippen molar-refractivity contribution >= 4 is 49.4 Å². The Kier molecular flexibility index (Phi) is 14.4. The van der Waals surface area contributed by atoms with Gasteiger partial charge in [-0.2, -0.15) is 5.70 Å². The smallest absolute Gasteiger partial charge is 0.157 e. The molecule has 1 radical (unpaired) electrons. The van der Waals surface area contributed by atoms with Crippen LogP contribution < -0.4 is 0 Å². The van der Waals surface area contributed by atoms with E-state index in [1.54, 1.807) is 0 Å². The number of aromatic nitrogens is 2. The number of benzene rings is 4. The summed E-state index contributed by atoms with van der Waals surface area (Å²) in [6.07, 6.45) is 5.76. The van der Waals surface area contributed by atoms with E-state index in [2.05, 4.69) is 141 Å². The van der Waals surface area contributed by atoms with Crippen molar-refractivity contribution < 1.29 is 29.3 Å². The van der Waals surface area contributed by atoms with Crippen molar-refractivity contribution in [1.82, 2.24) is 9.97 Å². The number of hydrogen-bond donors (Lipinski definition) is 0. The van der Waals surface area contributed by atoms with Crippen LogP contribution in [0.4, 0.5) is 0 Å². The van der Waals surface area contributed by atoms with Gasteiger partial charge in [-0.15, -0.1) is 29.3 Å². The van der Waals surface area contributed by atoms with Crippen molar-refractivity contribution in [3.8, 4) is 11.3 Å². The molecule has 0 fully saturated rings. The van der Waals surface area contributed by atoms with Gasteiger partial charge in [-0.1, -0.05) is 153 Å². The van der Waals surface area contributed by atoms with Crippen LogP contribution in [0.1, 0.15) is 118 Å². The molecule has 0 saturated carbocycles. The van der Waals surface area contributed by atoms with E-state index >= 15 is 0 Å². The molecule has 0 spiro atoms. The van der Waals surface area contributed by atoms with Gasteiger partial charge in [0.2, 0.25) is 0 Å². The van der Waals surface area contributed by atoms with Gasteiger partial charge in [0.05, 0.1) is 5.39 Å². The summed E-state index contributed by atoms with van der Waals surface area (Å²) in [7, 11) is 0. The zero-order valence-electron chi connectivity index (χ0n) is 32.6. The van der Waals surface area contributed by atoms with Crippen LogP contribution in [0.5, 0.6) is 0 Å². The number of rotatable bonds is 12. The second-order valence-electron chi connectivity index (χ2n) is 14.6. The summed E-state index contributed by atoms with van der Waals surface area (Å²) in [4.78, 5) is 22.2. The van der Waals surface area contributed by atoms with Crippen LogP contribution >= 0.6 is 0 Å². The molecule has 0 N–H and O–H groups in total. The van der Waals surface area contributed by atoms with E-state index in [-0.39, 0.29) is 43.8 Å². The van der Waals surface area contributed by atoms with Gasteiger partial charge in [-0.25, -0.2) is 4.98 Å². The predicted molar refractivity (Wildman–Crippen MR) is 217 cm³/mol. The molecule has 52 heavy (non-hydrogen) atoms. The average Bonchev–Trinajstić information content (AvgIpc) is 3.51. The summed E-state index contributed by atoms with van der Waals surface area (Å²) >= 11 is 0. The minimum absolute atomic E-state index is 0. The molecule has 0 aliphatic heterocycles. The summed E-state index contributed by atoms with van der Waals surface area (Å²) in [6, 6.07) is 27.0. The number of nitrogens with zero attached hydrogens (tertiary/aromatic N) is 3. The monoisotopic (exact) mass is 874 g/mol. The fourth-order valence-corrected chi connectivity index (χ4v) is 7.00. The maximum atomic E-state index is 12.2. The Bertz CT molecular complexity index is 2150. The van der Waals surface area contributed by atoms with Crippen LogP contribution in [0.15, 0.2) is 82.9 Å². The number of ketones is 1. The molecule has 4 aromatic carbocycles. The summed E-state index contributed by atoms with van der Waals surface area (Å²) in [6.45, 7) is 21.3. The number of allylic oxidation sites excluding steroid dienone is 2. The molecule has 0 amide bonds. The number of carbonyl (C=O) groups excluding carboxylic acids is 1. The Hall–Kier alpha value is -3.86. The predicted octanol–water partition coefficient (Wildman–Crippen LogP) is 13.5. The Labute approximate surface area is 324 Å². The standard InChI is InChI=1S/C30H25N2O.C16H31NO.Ir/c1-17(2)20-14-15-24(23-12-8-7-11-22(20)23)27-29-28(32-30(31-27)18(3)4)26-21-10-6-5-9-19(21)13-16-25(26)33-29;1-7-13(8-2)15(17-12(5)6)11-16(18)14(9-3)10-4;/h5-14,16-18H,1-4H3;11-14H,7-10H2,1-6H3,(H,17,18);/q-1;;/p-1. The van der Waals surface area contributed by atoms with E-state index < -0.39 is 0 Å². The first-order valence-corrected chi connectivity index (χ1v) is 19.0. The minimum Gasteiger partial charge on any atom is -0.685 e. The first kappa shape index (κ1) is 40.9. The normalized spacial score (nSPS) is 12.1. The molecule has 0 aliphatic carbocycles. The third-order valence-electron chi connectivity index (χ3n) is 9.97. The zero-order valence-corrected chi connectivity index (χ0v) is 35.0. The van der Waals surface area contributed by atoms with Gasteiger partial charge in [0, 0.05) is 37.6 Å². The SMILES string of the molecule is CC(C)c1nc(-c2[c-]cc(C(C)C)c3ccccc23)c2oc3ccc4ccccc4c3c2n1.CCC(CC)C(=O)/C=C(\[N-]C(C)C)C(CC)CC.[Ir]. The second kappa shape index (κ2) is 18.3. The van der Waals surface area contributed by atoms with Crippen molar-refractivity contribution in [1.29, 1.82) is 0 Å². The molecule has 0 unspecified atom stereocenters. The third-order valence-corrected chi connectivity index (χ3v) is 9.97. The van der Waals surface area contributed by atoms with Gasteiger partial charge in [-0.3, -0.25) is 9.78 Å². The van der Waals surface area contributed by atoms with Gasteiger partial charge < -0.3 is 9.73 Å². The minimum atomic E-state index is 0. The van der Waals surface area contributed by atoms with Gasteiger partial charge in [0.15, 0.2) is 5.78 Å². The number of hydrogen-bond acceptors (Lipinski definition) is 4. The zero-order chi connectivity index (χ0) is 36.8. The fraction of sp³-hybridized carbons (Fsp3) is 0.413. The molecule has 6 rings (SSSR count). The fourth-order valence-electron chi connectivity index (χ4n) is 7.00. The van der Waals surface area contributed by atoms with Crippen LogP contribution in [-0.4, -0.2) is 21.8 Å². The Morgan fingerprint density at radius 1 is 0.769 bits per heavy atom. The number of carbonyl (C=O) groups is 1. The average molecular weight is 874 g/mol. The molecular formula is C46H55IrN3O2-2. The topological polar surface area (TPSA) is 70.1 Å². The molecule has 2 heterocycles. The van der Waals surface area contributed by atoms with Gasteiger partial charge in [0.1, 0.15) is 22.5 Å². The van der Waals surface area contributed by atoms with E-state index in [1.807, 2.05) is 12.1 Å². The number of fused-ring (bicyclic) bond motifs is 6. The molecule has 2 aromatic heterocycles. The summed E-state index contributed by atoms with van der Waals surface area (Å²) in [5, 5.41) is 10.4. The molecule has 5 nitrogen and oxygen atoms in total. The van der Waals surface area contributed by atoms with Crippen LogP contribution in [0, 0.1) is 17.9 Å². The van der Waals surface area contributed by atoms with E-state index in [9.17, 15) is 4.79 Å². The van der Waals surface area contributed by atoms with Gasteiger partial charge >= 0.3 is 0 Å². The molecule has 277 valence electrons. The molecule has 0 aliphatic rings. The largest absolute Gasteiger partial charge is 0.685 e. The summed E-state index contributed by atoms with van der Waals surface area (Å²) < 4.78 is 6.46. The first-order valence-electron chi connectivity index (χ1n) is 19.0. The molecule has 0 saturated heterocycles. The van der Waals surface area contributed by atoms with E-state index in [1.165, 1.54) is 16.3 Å². The van der Waals surface area contributed by atoms with E-state index in [4.69, 9.17) is 14.4 Å². The van der Waals surface area contributed by atoms with Crippen LogP contribution in [0.2, 0.25) is 0 Å². The Balaban J connectivity index is 0.000000275. The van der Waals surface area contributed by atoms with Crippen LogP contribution in [0.25, 0.3) is 60.2 Å². The van der Waals surface area contributed by atoms with E-state index in [0.29, 0.717) is 11.8 Å². The Morgan fingerprint density at radius 2 is 1.38 bits per heavy atom. The van der Waals surface area contributed by atoms with Crippen molar-refractivity contribution in [3.63, 3.8) is 0 Å². The van der Waals surface area contributed by atoms with Crippen molar-refractivity contribution in [3.05, 3.63) is 101 Å². The molecule has 0 bridgehead atoms. The molecule has 0 atom stereocenters. The van der Waals surface area contributed by atoms with Crippen molar-refractivity contribution in [2.75, 3.05) is 0 Å². The van der Waals surface area contributed by atoms with Crippen LogP contribution in [0.3, 0.4) is 0 Å². The molecular weight excluding hydrogens is 819 g/mol. The van der Waals surface area contributed by atoms with E-state index in [0.717, 1.165) is 81.3 Å². The van der Waals surface area contributed by atoms with Gasteiger partial charge in [-0.05, 0) is 41.7 Å². The van der Waals surface area contributed by atoms with Crippen molar-refractivity contribution in [2.24, 2.45) is 11.8 Å². The summed E-state index contributed by atoms with van der Waals surface area (Å²) in [5.41, 5.74) is 6.52. The Morgan fingerprint density at radius 3 is 1.98 bits per heavy atom. The second-order valence-corrected chi connectivity index (χ2v) is 14.6. The van der Waals surface area contributed by atoms with Crippen molar-refractivity contribution in [2.45, 2.75) is 113 Å². The molecule has 6 aromatic rings. The van der Waals surface area contributed by atoms with Gasteiger partial charge in [0.25, 0.3) is 0 Å². The quantitative estimate of drug-likeness (QED) is 0.0907. The first-order chi connectivity index (χ1) is 24.5. The van der Waals surface area contributed by atoms with Crippen LogP contribution in [-0.2, 0) is 24.9 Å². The number of furan rings is 1. The third kappa shape index (κ3) is 8.67. The summed E-state index contributed by atoms with van der Waals surface area (Å²) in [5.74, 6) is 2.26. The maximum Gasteiger partial charge on any atom is 0.157 e. The molecule has 6 heteroatoms. The maximum absolute atomic E-state index is 12.2.